The molecule has 1 rings (SSSR count). The van der Waals surface area contributed by atoms with Gasteiger partial charge in [0.25, 0.3) is 0 Å². The molecule has 0 aromatic heterocycles. The van der Waals surface area contributed by atoms with Gasteiger partial charge in [0.1, 0.15) is 0 Å². The molecule has 0 amide bonds. The third-order valence-electron chi connectivity index (χ3n) is 3.71. The summed E-state index contributed by atoms with van der Waals surface area (Å²) in [6, 6.07) is 0.498. The molecule has 0 aromatic carbocycles. The van der Waals surface area contributed by atoms with Crippen LogP contribution >= 0.6 is 0 Å². The monoisotopic (exact) mass is 259 g/mol. The highest BCUT2D eigenvalue weighted by molar-refractivity contribution is 7.85. The minimum Gasteiger partial charge on any atom is -0.313 e. The van der Waals surface area contributed by atoms with Crippen molar-refractivity contribution < 1.29 is 4.21 Å². The van der Waals surface area contributed by atoms with Crippen molar-refractivity contribution in [3.05, 3.63) is 0 Å². The Kier molecular flexibility index (Phi) is 8.12. The highest BCUT2D eigenvalue weighted by Crippen LogP contribution is 2.22. The van der Waals surface area contributed by atoms with Crippen LogP contribution in [0.4, 0.5) is 0 Å². The summed E-state index contributed by atoms with van der Waals surface area (Å²) in [5.74, 6) is 0.906. The second kappa shape index (κ2) is 9.09. The predicted molar refractivity (Wildman–Crippen MR) is 76.9 cm³/mol. The van der Waals surface area contributed by atoms with E-state index in [1.807, 2.05) is 0 Å². The molecule has 1 fully saturated rings. The van der Waals surface area contributed by atoms with Crippen LogP contribution in [-0.2, 0) is 10.8 Å². The molecule has 0 saturated heterocycles. The van der Waals surface area contributed by atoms with Gasteiger partial charge in [-0.25, -0.2) is 0 Å². The molecule has 3 heteroatoms. The second-order valence-corrected chi connectivity index (χ2v) is 6.91. The summed E-state index contributed by atoms with van der Waals surface area (Å²) in [5, 5.41) is 3.97. The molecule has 1 saturated carbocycles. The molecule has 17 heavy (non-hydrogen) atoms. The second-order valence-electron chi connectivity index (χ2n) is 5.13. The SMILES string of the molecule is CCCCS(=O)C1CCCCCCC1NCC. The van der Waals surface area contributed by atoms with Gasteiger partial charge in [-0.1, -0.05) is 46.0 Å². The lowest BCUT2D eigenvalue weighted by molar-refractivity contribution is 0.400. The lowest BCUT2D eigenvalue weighted by Crippen LogP contribution is -2.43. The molecule has 0 heterocycles. The van der Waals surface area contributed by atoms with Crippen molar-refractivity contribution in [3.63, 3.8) is 0 Å². The molecule has 0 aromatic rings. The minimum absolute atomic E-state index is 0.404. The molecule has 3 unspecified atom stereocenters. The first-order valence-electron chi connectivity index (χ1n) is 7.40. The van der Waals surface area contributed by atoms with Crippen LogP contribution in [0.3, 0.4) is 0 Å². The molecular weight excluding hydrogens is 230 g/mol. The van der Waals surface area contributed by atoms with Crippen LogP contribution in [0.1, 0.15) is 65.2 Å². The summed E-state index contributed by atoms with van der Waals surface area (Å²) in [7, 11) is -0.619. The van der Waals surface area contributed by atoms with Gasteiger partial charge < -0.3 is 5.32 Å². The summed E-state index contributed by atoms with van der Waals surface area (Å²) in [5.41, 5.74) is 0. The maximum absolute atomic E-state index is 12.4. The molecular formula is C14H29NOS. The van der Waals surface area contributed by atoms with E-state index in [0.29, 0.717) is 11.3 Å². The van der Waals surface area contributed by atoms with E-state index in [-0.39, 0.29) is 0 Å². The zero-order valence-corrected chi connectivity index (χ0v) is 12.4. The molecule has 0 radical (unpaired) electrons. The Morgan fingerprint density at radius 3 is 2.47 bits per heavy atom. The van der Waals surface area contributed by atoms with Crippen LogP contribution in [-0.4, -0.2) is 27.8 Å². The average molecular weight is 259 g/mol. The zero-order chi connectivity index (χ0) is 12.5. The summed E-state index contributed by atoms with van der Waals surface area (Å²) in [6.45, 7) is 5.34. The van der Waals surface area contributed by atoms with Crippen molar-refractivity contribution in [1.29, 1.82) is 0 Å². The van der Waals surface area contributed by atoms with Crippen molar-refractivity contribution >= 4 is 10.8 Å². The van der Waals surface area contributed by atoms with E-state index in [2.05, 4.69) is 19.2 Å². The predicted octanol–water partition coefficient (Wildman–Crippen LogP) is 3.24. The van der Waals surface area contributed by atoms with Crippen LogP contribution in [0.15, 0.2) is 0 Å². The smallest absolute Gasteiger partial charge is 0.0501 e. The van der Waals surface area contributed by atoms with Crippen molar-refractivity contribution in [3.8, 4) is 0 Å². The van der Waals surface area contributed by atoms with Crippen LogP contribution < -0.4 is 5.32 Å². The third kappa shape index (κ3) is 5.52. The Bertz CT molecular complexity index is 220. The summed E-state index contributed by atoms with van der Waals surface area (Å²) < 4.78 is 12.4. The number of unbranched alkanes of at least 4 members (excludes halogenated alkanes) is 1. The third-order valence-corrected chi connectivity index (χ3v) is 5.64. The molecule has 102 valence electrons. The van der Waals surface area contributed by atoms with Gasteiger partial charge in [0, 0.05) is 22.6 Å². The van der Waals surface area contributed by atoms with Gasteiger partial charge in [-0.15, -0.1) is 0 Å². The number of hydrogen-bond acceptors (Lipinski definition) is 2. The Morgan fingerprint density at radius 2 is 1.82 bits per heavy atom. The average Bonchev–Trinajstić information content (AvgIpc) is 2.30. The maximum Gasteiger partial charge on any atom is 0.0501 e. The normalized spacial score (nSPS) is 28.4. The van der Waals surface area contributed by atoms with Gasteiger partial charge in [-0.3, -0.25) is 4.21 Å². The largest absolute Gasteiger partial charge is 0.313 e. The molecule has 0 spiro atoms. The zero-order valence-electron chi connectivity index (χ0n) is 11.5. The first-order valence-corrected chi connectivity index (χ1v) is 8.78. The number of hydrogen-bond donors (Lipinski definition) is 1. The van der Waals surface area contributed by atoms with Crippen LogP contribution in [0, 0.1) is 0 Å². The quantitative estimate of drug-likeness (QED) is 0.793. The standard InChI is InChI=1S/C14H29NOS/c1-3-5-12-17(16)14-11-9-7-6-8-10-13(14)15-4-2/h13-15H,3-12H2,1-2H3. The van der Waals surface area contributed by atoms with Crippen molar-refractivity contribution in [2.75, 3.05) is 12.3 Å². The molecule has 0 bridgehead atoms. The van der Waals surface area contributed by atoms with Crippen LogP contribution in [0.25, 0.3) is 0 Å². The first kappa shape index (κ1) is 15.2. The maximum atomic E-state index is 12.4. The van der Waals surface area contributed by atoms with Gasteiger partial charge >= 0.3 is 0 Å². The summed E-state index contributed by atoms with van der Waals surface area (Å²) in [4.78, 5) is 0. The molecule has 1 N–H and O–H groups in total. The summed E-state index contributed by atoms with van der Waals surface area (Å²) in [6.07, 6.45) is 9.91. The van der Waals surface area contributed by atoms with Crippen LogP contribution in [0.5, 0.6) is 0 Å². The van der Waals surface area contributed by atoms with Crippen molar-refractivity contribution in [2.45, 2.75) is 76.5 Å². The Hall–Kier alpha value is 0.110. The Morgan fingerprint density at radius 1 is 1.12 bits per heavy atom. The fourth-order valence-corrected chi connectivity index (χ4v) is 4.60. The van der Waals surface area contributed by atoms with Gasteiger partial charge in [-0.05, 0) is 25.8 Å². The lowest BCUT2D eigenvalue weighted by atomic mass is 9.96. The van der Waals surface area contributed by atoms with Crippen molar-refractivity contribution in [1.82, 2.24) is 5.32 Å². The van der Waals surface area contributed by atoms with E-state index in [1.54, 1.807) is 0 Å². The fourth-order valence-electron chi connectivity index (χ4n) is 2.70. The van der Waals surface area contributed by atoms with E-state index < -0.39 is 10.8 Å². The Balaban J connectivity index is 2.55. The van der Waals surface area contributed by atoms with Gasteiger partial charge in [0.2, 0.25) is 0 Å². The highest BCUT2D eigenvalue weighted by atomic mass is 32.2. The number of rotatable bonds is 6. The van der Waals surface area contributed by atoms with Gasteiger partial charge in [0.15, 0.2) is 0 Å². The molecule has 2 nitrogen and oxygen atoms in total. The molecule has 0 aliphatic heterocycles. The first-order chi connectivity index (χ1) is 8.29. The molecule has 3 atom stereocenters. The van der Waals surface area contributed by atoms with E-state index in [9.17, 15) is 4.21 Å². The van der Waals surface area contributed by atoms with Crippen LogP contribution in [0.2, 0.25) is 0 Å². The van der Waals surface area contributed by atoms with Gasteiger partial charge in [0.05, 0.1) is 5.25 Å². The molecule has 1 aliphatic carbocycles. The molecule has 1 aliphatic rings. The number of nitrogens with one attached hydrogen (secondary N) is 1. The van der Waals surface area contributed by atoms with E-state index in [0.717, 1.165) is 31.6 Å². The fraction of sp³-hybridized carbons (Fsp3) is 1.00. The Labute approximate surface area is 109 Å². The minimum atomic E-state index is -0.619. The van der Waals surface area contributed by atoms with E-state index >= 15 is 0 Å². The highest BCUT2D eigenvalue weighted by Gasteiger charge is 2.26. The van der Waals surface area contributed by atoms with Gasteiger partial charge in [-0.2, -0.15) is 0 Å². The van der Waals surface area contributed by atoms with E-state index in [4.69, 9.17) is 0 Å². The topological polar surface area (TPSA) is 29.1 Å². The van der Waals surface area contributed by atoms with Crippen molar-refractivity contribution in [2.24, 2.45) is 0 Å². The lowest BCUT2D eigenvalue weighted by Gasteiger charge is -2.29. The summed E-state index contributed by atoms with van der Waals surface area (Å²) >= 11 is 0. The van der Waals surface area contributed by atoms with E-state index in [1.165, 1.54) is 32.1 Å².